The first kappa shape index (κ1) is 27.1. The number of piperidine rings is 1. The van der Waals surface area contributed by atoms with Crippen molar-refractivity contribution in [3.63, 3.8) is 0 Å². The lowest BCUT2D eigenvalue weighted by atomic mass is 9.71. The Balaban J connectivity index is 0.000000429. The van der Waals surface area contributed by atoms with E-state index in [-0.39, 0.29) is 16.7 Å². The summed E-state index contributed by atoms with van der Waals surface area (Å²) in [6, 6.07) is 4.45. The third kappa shape index (κ3) is 6.19. The molecule has 192 valence electrons. The number of rotatable bonds is 2. The van der Waals surface area contributed by atoms with E-state index in [0.717, 1.165) is 50.5 Å². The predicted molar refractivity (Wildman–Crippen MR) is 127 cm³/mol. The van der Waals surface area contributed by atoms with Gasteiger partial charge in [-0.2, -0.15) is 13.2 Å². The van der Waals surface area contributed by atoms with Crippen LogP contribution in [-0.4, -0.2) is 69.6 Å². The molecule has 0 atom stereocenters. The number of fused-ring (bicyclic) bond motifs is 2. The molecule has 0 radical (unpaired) electrons. The van der Waals surface area contributed by atoms with Crippen molar-refractivity contribution in [2.45, 2.75) is 64.1 Å². The van der Waals surface area contributed by atoms with Gasteiger partial charge in [-0.3, -0.25) is 9.69 Å². The summed E-state index contributed by atoms with van der Waals surface area (Å²) in [7, 11) is 1.91. The molecule has 0 aromatic carbocycles. The van der Waals surface area contributed by atoms with Crippen molar-refractivity contribution in [2.75, 3.05) is 26.7 Å². The third-order valence-corrected chi connectivity index (χ3v) is 7.30. The summed E-state index contributed by atoms with van der Waals surface area (Å²) in [5.41, 5.74) is 1.51. The fraction of sp³-hybridized carbons (Fsp3) is 0.583. The molecule has 1 fully saturated rings. The van der Waals surface area contributed by atoms with Gasteiger partial charge >= 0.3 is 12.1 Å². The molecular formula is C24H31F3N4O3S. The third-order valence-electron chi connectivity index (χ3n) is 6.31. The lowest BCUT2D eigenvalue weighted by Crippen LogP contribution is -2.53. The first-order valence-corrected chi connectivity index (χ1v) is 12.2. The van der Waals surface area contributed by atoms with Crippen LogP contribution < -0.4 is 0 Å². The van der Waals surface area contributed by atoms with Gasteiger partial charge in [-0.05, 0) is 45.0 Å². The number of nitrogens with zero attached hydrogens (tertiary/aromatic N) is 4. The minimum atomic E-state index is -5.08. The van der Waals surface area contributed by atoms with Crippen LogP contribution in [0.2, 0.25) is 0 Å². The van der Waals surface area contributed by atoms with E-state index in [2.05, 4.69) is 49.7 Å². The van der Waals surface area contributed by atoms with Gasteiger partial charge in [0.25, 0.3) is 5.91 Å². The van der Waals surface area contributed by atoms with Gasteiger partial charge in [0, 0.05) is 46.9 Å². The molecule has 11 heteroatoms. The molecule has 0 aliphatic carbocycles. The molecule has 7 nitrogen and oxygen atoms in total. The average molecular weight is 513 g/mol. The number of carboxylic acids is 1. The Morgan fingerprint density at radius 1 is 1.20 bits per heavy atom. The first-order valence-electron chi connectivity index (χ1n) is 11.3. The molecule has 2 aliphatic rings. The molecule has 0 bridgehead atoms. The van der Waals surface area contributed by atoms with Crippen LogP contribution in [0.15, 0.2) is 18.3 Å². The van der Waals surface area contributed by atoms with E-state index in [1.807, 2.05) is 23.3 Å². The smallest absolute Gasteiger partial charge is 0.475 e. The molecule has 0 saturated carbocycles. The second kappa shape index (κ2) is 9.85. The van der Waals surface area contributed by atoms with Crippen LogP contribution >= 0.6 is 11.3 Å². The second-order valence-electron chi connectivity index (χ2n) is 10.2. The lowest BCUT2D eigenvalue weighted by molar-refractivity contribution is -0.192. The highest BCUT2D eigenvalue weighted by molar-refractivity contribution is 7.11. The molecule has 1 N–H and O–H groups in total. The van der Waals surface area contributed by atoms with Crippen molar-refractivity contribution in [3.05, 3.63) is 45.2 Å². The van der Waals surface area contributed by atoms with E-state index in [0.29, 0.717) is 5.56 Å². The van der Waals surface area contributed by atoms with Gasteiger partial charge in [0.15, 0.2) is 0 Å². The number of amides is 1. The zero-order valence-electron chi connectivity index (χ0n) is 20.6. The average Bonchev–Trinajstić information content (AvgIpc) is 3.17. The molecule has 4 heterocycles. The molecule has 2 aromatic heterocycles. The highest BCUT2D eigenvalue weighted by atomic mass is 32.1. The molecule has 1 saturated heterocycles. The number of aliphatic carboxylic acids is 1. The Hall–Kier alpha value is -2.53. The fourth-order valence-corrected chi connectivity index (χ4v) is 5.37. The van der Waals surface area contributed by atoms with E-state index in [9.17, 15) is 18.0 Å². The van der Waals surface area contributed by atoms with Crippen LogP contribution in [-0.2, 0) is 22.2 Å². The Kier molecular flexibility index (Phi) is 7.61. The van der Waals surface area contributed by atoms with Crippen molar-refractivity contribution in [2.24, 2.45) is 0 Å². The normalized spacial score (nSPS) is 18.2. The molecule has 1 amide bonds. The van der Waals surface area contributed by atoms with Gasteiger partial charge in [-0.25, -0.2) is 14.8 Å². The van der Waals surface area contributed by atoms with Crippen molar-refractivity contribution >= 4 is 23.2 Å². The molecule has 2 aromatic rings. The van der Waals surface area contributed by atoms with Crippen molar-refractivity contribution in [3.8, 4) is 0 Å². The largest absolute Gasteiger partial charge is 0.490 e. The topological polar surface area (TPSA) is 86.6 Å². The van der Waals surface area contributed by atoms with Gasteiger partial charge < -0.3 is 10.0 Å². The summed E-state index contributed by atoms with van der Waals surface area (Å²) in [6.45, 7) is 12.4. The van der Waals surface area contributed by atoms with Crippen LogP contribution in [0.4, 0.5) is 13.2 Å². The van der Waals surface area contributed by atoms with E-state index >= 15 is 0 Å². The SMILES string of the molecule is Cc1ccc(CN2CCC3(CC2)CN(C)C(=O)c2cnc(C(C)(C)C)nc23)s1.O=C(O)C(F)(F)F. The maximum atomic E-state index is 12.7. The van der Waals surface area contributed by atoms with Gasteiger partial charge in [-0.1, -0.05) is 20.8 Å². The standard InChI is InChI=1S/C22H30N4OS.C2HF3O2/c1-15-6-7-16(28-15)13-26-10-8-22(9-11-26)14-25(5)19(27)17-12-23-20(21(2,3)4)24-18(17)22;3-2(4,5)1(6)7/h6-7,12H,8-11,13-14H2,1-5H3;(H,6,7). The molecular weight excluding hydrogens is 481 g/mol. The number of carboxylic acid groups (broad SMARTS) is 1. The number of alkyl halides is 3. The monoisotopic (exact) mass is 512 g/mol. The van der Waals surface area contributed by atoms with Crippen LogP contribution in [0.1, 0.15) is 65.2 Å². The number of hydrogen-bond acceptors (Lipinski definition) is 6. The number of carbonyl (C=O) groups excluding carboxylic acids is 1. The molecule has 4 rings (SSSR count). The van der Waals surface area contributed by atoms with E-state index in [1.54, 1.807) is 6.20 Å². The number of halogens is 3. The summed E-state index contributed by atoms with van der Waals surface area (Å²) in [5, 5.41) is 7.12. The van der Waals surface area contributed by atoms with Crippen LogP contribution in [0.5, 0.6) is 0 Å². The maximum Gasteiger partial charge on any atom is 0.490 e. The number of likely N-dealkylation sites (tertiary alicyclic amines) is 1. The number of carbonyl (C=O) groups is 2. The van der Waals surface area contributed by atoms with E-state index < -0.39 is 12.1 Å². The van der Waals surface area contributed by atoms with E-state index in [4.69, 9.17) is 14.9 Å². The van der Waals surface area contributed by atoms with Crippen LogP contribution in [0.3, 0.4) is 0 Å². The molecule has 35 heavy (non-hydrogen) atoms. The highest BCUT2D eigenvalue weighted by Gasteiger charge is 2.46. The Morgan fingerprint density at radius 2 is 1.80 bits per heavy atom. The Bertz CT molecular complexity index is 1090. The predicted octanol–water partition coefficient (Wildman–Crippen LogP) is 4.40. The zero-order valence-corrected chi connectivity index (χ0v) is 21.4. The number of likely N-dealkylation sites (N-methyl/N-ethyl adjacent to an activating group) is 1. The minimum absolute atomic E-state index is 0.0528. The van der Waals surface area contributed by atoms with Crippen LogP contribution in [0.25, 0.3) is 0 Å². The highest BCUT2D eigenvalue weighted by Crippen LogP contribution is 2.41. The van der Waals surface area contributed by atoms with Gasteiger partial charge in [0.2, 0.25) is 0 Å². The summed E-state index contributed by atoms with van der Waals surface area (Å²) in [5.74, 6) is -1.87. The van der Waals surface area contributed by atoms with Crippen molar-refractivity contribution in [1.82, 2.24) is 19.8 Å². The van der Waals surface area contributed by atoms with Gasteiger partial charge in [0.1, 0.15) is 5.82 Å². The molecule has 2 aliphatic heterocycles. The van der Waals surface area contributed by atoms with Crippen LogP contribution in [0, 0.1) is 6.92 Å². The first-order chi connectivity index (χ1) is 16.1. The fourth-order valence-electron chi connectivity index (χ4n) is 4.43. The summed E-state index contributed by atoms with van der Waals surface area (Å²) in [6.07, 6.45) is -1.26. The summed E-state index contributed by atoms with van der Waals surface area (Å²) < 4.78 is 31.7. The zero-order chi connectivity index (χ0) is 26.2. The van der Waals surface area contributed by atoms with Gasteiger partial charge in [-0.15, -0.1) is 11.3 Å². The molecule has 0 unspecified atom stereocenters. The number of hydrogen-bond donors (Lipinski definition) is 1. The minimum Gasteiger partial charge on any atom is -0.475 e. The second-order valence-corrected chi connectivity index (χ2v) is 11.6. The number of aromatic nitrogens is 2. The molecule has 1 spiro atoms. The summed E-state index contributed by atoms with van der Waals surface area (Å²) >= 11 is 1.89. The van der Waals surface area contributed by atoms with Crippen molar-refractivity contribution in [1.29, 1.82) is 0 Å². The Morgan fingerprint density at radius 3 is 2.29 bits per heavy atom. The Labute approximate surface area is 207 Å². The van der Waals surface area contributed by atoms with Gasteiger partial charge in [0.05, 0.1) is 11.3 Å². The number of thiophene rings is 1. The number of aryl methyl sites for hydroxylation is 1. The quantitative estimate of drug-likeness (QED) is 0.642. The lowest BCUT2D eigenvalue weighted by Gasteiger charge is -2.46. The van der Waals surface area contributed by atoms with E-state index in [1.165, 1.54) is 9.75 Å². The summed E-state index contributed by atoms with van der Waals surface area (Å²) in [4.78, 5) is 38.4. The maximum absolute atomic E-state index is 12.7. The van der Waals surface area contributed by atoms with Crippen molar-refractivity contribution < 1.29 is 27.9 Å².